The van der Waals surface area contributed by atoms with Crippen LogP contribution in [-0.2, 0) is 4.74 Å². The highest BCUT2D eigenvalue weighted by atomic mass is 79.9. The molecule has 0 spiro atoms. The number of carbonyl (C=O) groups excluding carboxylic acids is 1. The molecular formula is C24H24BrN5O3S. The van der Waals surface area contributed by atoms with Gasteiger partial charge in [-0.05, 0) is 69.1 Å². The second-order valence-electron chi connectivity index (χ2n) is 8.87. The third kappa shape index (κ3) is 3.99. The molecule has 0 aliphatic rings. The van der Waals surface area contributed by atoms with Crippen LogP contribution >= 0.6 is 27.3 Å². The number of thiazole rings is 1. The number of anilines is 1. The minimum atomic E-state index is -0.709. The van der Waals surface area contributed by atoms with Crippen LogP contribution in [0.4, 0.5) is 10.6 Å². The van der Waals surface area contributed by atoms with Crippen molar-refractivity contribution in [2.75, 3.05) is 12.4 Å². The van der Waals surface area contributed by atoms with Crippen molar-refractivity contribution in [1.82, 2.24) is 14.5 Å². The summed E-state index contributed by atoms with van der Waals surface area (Å²) in [5.74, 6) is 0.987. The van der Waals surface area contributed by atoms with Gasteiger partial charge in [0.2, 0.25) is 0 Å². The molecule has 3 aromatic heterocycles. The SMILES string of the molecule is COc1ccc(C)c(-n2c(NC(=O)OC(C)(C)C)c(C#N)c3c(Br)nc4nc(C)sc4c32)c1C. The fourth-order valence-corrected chi connectivity index (χ4v) is 5.47. The van der Waals surface area contributed by atoms with Crippen molar-refractivity contribution in [2.24, 2.45) is 0 Å². The van der Waals surface area contributed by atoms with Crippen LogP contribution in [0.15, 0.2) is 16.7 Å². The van der Waals surface area contributed by atoms with Crippen LogP contribution in [0.1, 0.15) is 42.5 Å². The Hall–Kier alpha value is -3.16. The number of fused-ring (bicyclic) bond motifs is 3. The average Bonchev–Trinajstić information content (AvgIpc) is 3.24. The molecule has 176 valence electrons. The molecule has 1 amide bonds. The number of ether oxygens (including phenoxy) is 2. The molecule has 4 rings (SSSR count). The number of carbonyl (C=O) groups is 1. The number of methoxy groups -OCH3 is 1. The van der Waals surface area contributed by atoms with Crippen LogP contribution in [0.2, 0.25) is 0 Å². The number of rotatable bonds is 3. The first-order valence-electron chi connectivity index (χ1n) is 10.5. The van der Waals surface area contributed by atoms with Gasteiger partial charge in [-0.1, -0.05) is 6.07 Å². The predicted octanol–water partition coefficient (Wildman–Crippen LogP) is 6.55. The van der Waals surface area contributed by atoms with E-state index in [0.717, 1.165) is 32.0 Å². The second-order valence-corrected chi connectivity index (χ2v) is 10.8. The lowest BCUT2D eigenvalue weighted by Gasteiger charge is -2.22. The van der Waals surface area contributed by atoms with E-state index in [1.54, 1.807) is 27.9 Å². The molecule has 0 saturated heterocycles. The van der Waals surface area contributed by atoms with E-state index in [0.29, 0.717) is 27.2 Å². The molecule has 1 aromatic carbocycles. The number of amides is 1. The van der Waals surface area contributed by atoms with Gasteiger partial charge in [0, 0.05) is 5.56 Å². The molecule has 4 aromatic rings. The highest BCUT2D eigenvalue weighted by Crippen LogP contribution is 2.44. The van der Waals surface area contributed by atoms with Gasteiger partial charge in [-0.15, -0.1) is 11.3 Å². The quantitative estimate of drug-likeness (QED) is 0.295. The summed E-state index contributed by atoms with van der Waals surface area (Å²) in [6.45, 7) is 11.2. The molecule has 0 fully saturated rings. The van der Waals surface area contributed by atoms with Crippen LogP contribution in [0.25, 0.3) is 26.9 Å². The molecule has 0 bridgehead atoms. The smallest absolute Gasteiger partial charge is 0.413 e. The maximum Gasteiger partial charge on any atom is 0.413 e. The van der Waals surface area contributed by atoms with Crippen molar-refractivity contribution in [2.45, 2.75) is 47.1 Å². The molecule has 34 heavy (non-hydrogen) atoms. The van der Waals surface area contributed by atoms with Crippen molar-refractivity contribution in [3.05, 3.63) is 38.4 Å². The zero-order valence-corrected chi connectivity index (χ0v) is 22.4. The molecule has 1 N–H and O–H groups in total. The summed E-state index contributed by atoms with van der Waals surface area (Å²) in [6.07, 6.45) is -0.660. The molecule has 3 heterocycles. The summed E-state index contributed by atoms with van der Waals surface area (Å²) < 4.78 is 14.3. The van der Waals surface area contributed by atoms with Crippen LogP contribution in [0.5, 0.6) is 5.75 Å². The Labute approximate surface area is 209 Å². The van der Waals surface area contributed by atoms with Crippen LogP contribution < -0.4 is 10.1 Å². The van der Waals surface area contributed by atoms with Crippen molar-refractivity contribution < 1.29 is 14.3 Å². The van der Waals surface area contributed by atoms with E-state index in [-0.39, 0.29) is 5.56 Å². The Morgan fingerprint density at radius 2 is 1.94 bits per heavy atom. The van der Waals surface area contributed by atoms with E-state index in [2.05, 4.69) is 37.3 Å². The monoisotopic (exact) mass is 541 g/mol. The van der Waals surface area contributed by atoms with E-state index in [1.807, 2.05) is 37.5 Å². The summed E-state index contributed by atoms with van der Waals surface area (Å²) in [6, 6.07) is 6.11. The van der Waals surface area contributed by atoms with Gasteiger partial charge in [-0.3, -0.25) is 9.88 Å². The molecule has 8 nitrogen and oxygen atoms in total. The summed E-state index contributed by atoms with van der Waals surface area (Å²) in [4.78, 5) is 22.0. The zero-order chi connectivity index (χ0) is 24.9. The number of nitrogens with zero attached hydrogens (tertiary/aromatic N) is 4. The fourth-order valence-electron chi connectivity index (χ4n) is 4.02. The fraction of sp³-hybridized carbons (Fsp3) is 0.333. The molecule has 0 aliphatic carbocycles. The molecule has 10 heteroatoms. The van der Waals surface area contributed by atoms with Crippen LogP contribution in [0, 0.1) is 32.1 Å². The first-order valence-corrected chi connectivity index (χ1v) is 12.1. The number of benzene rings is 1. The van der Waals surface area contributed by atoms with Gasteiger partial charge >= 0.3 is 6.09 Å². The van der Waals surface area contributed by atoms with Gasteiger partial charge < -0.3 is 9.47 Å². The zero-order valence-electron chi connectivity index (χ0n) is 20.0. The third-order valence-corrected chi connectivity index (χ3v) is 6.81. The molecular weight excluding hydrogens is 518 g/mol. The summed E-state index contributed by atoms with van der Waals surface area (Å²) in [7, 11) is 1.61. The Bertz CT molecular complexity index is 1510. The molecule has 0 radical (unpaired) electrons. The van der Waals surface area contributed by atoms with Gasteiger partial charge in [0.25, 0.3) is 0 Å². The Kier molecular flexibility index (Phi) is 6.04. The third-order valence-electron chi connectivity index (χ3n) is 5.27. The van der Waals surface area contributed by atoms with Crippen molar-refractivity contribution in [3.63, 3.8) is 0 Å². The van der Waals surface area contributed by atoms with E-state index in [1.165, 1.54) is 11.3 Å². The predicted molar refractivity (Wildman–Crippen MR) is 137 cm³/mol. The van der Waals surface area contributed by atoms with E-state index >= 15 is 0 Å². The van der Waals surface area contributed by atoms with Crippen molar-refractivity contribution in [1.29, 1.82) is 5.26 Å². The minimum Gasteiger partial charge on any atom is -0.496 e. The first kappa shape index (κ1) is 24.0. The molecule has 0 unspecified atom stereocenters. The average molecular weight is 542 g/mol. The van der Waals surface area contributed by atoms with Gasteiger partial charge in [0.1, 0.15) is 33.4 Å². The van der Waals surface area contributed by atoms with Crippen LogP contribution in [0.3, 0.4) is 0 Å². The summed E-state index contributed by atoms with van der Waals surface area (Å²) in [5.41, 5.74) is 3.45. The summed E-state index contributed by atoms with van der Waals surface area (Å²) >= 11 is 5.02. The molecule has 0 aliphatic heterocycles. The number of aromatic nitrogens is 3. The molecule has 0 saturated carbocycles. The Morgan fingerprint density at radius 1 is 1.24 bits per heavy atom. The van der Waals surface area contributed by atoms with Gasteiger partial charge in [-0.2, -0.15) is 5.26 Å². The first-order chi connectivity index (χ1) is 16.0. The number of nitrogens with one attached hydrogen (secondary N) is 1. The lowest BCUT2D eigenvalue weighted by atomic mass is 10.1. The van der Waals surface area contributed by atoms with Crippen molar-refractivity contribution >= 4 is 60.4 Å². The second kappa shape index (κ2) is 8.56. The number of halogens is 1. The highest BCUT2D eigenvalue weighted by molar-refractivity contribution is 9.10. The van der Waals surface area contributed by atoms with Gasteiger partial charge in [0.15, 0.2) is 5.65 Å². The van der Waals surface area contributed by atoms with Gasteiger partial charge in [0.05, 0.1) is 33.4 Å². The highest BCUT2D eigenvalue weighted by Gasteiger charge is 2.29. The Balaban J connectivity index is 2.19. The van der Waals surface area contributed by atoms with Crippen LogP contribution in [-0.4, -0.2) is 33.3 Å². The topological polar surface area (TPSA) is 102 Å². The summed E-state index contributed by atoms with van der Waals surface area (Å²) in [5, 5.41) is 14.5. The molecule has 0 atom stereocenters. The van der Waals surface area contributed by atoms with Crippen molar-refractivity contribution in [3.8, 4) is 17.5 Å². The Morgan fingerprint density at radius 3 is 2.56 bits per heavy atom. The number of hydrogen-bond acceptors (Lipinski definition) is 7. The normalized spacial score (nSPS) is 11.6. The van der Waals surface area contributed by atoms with Gasteiger partial charge in [-0.25, -0.2) is 14.8 Å². The lowest BCUT2D eigenvalue weighted by molar-refractivity contribution is 0.0635. The number of pyridine rings is 1. The lowest BCUT2D eigenvalue weighted by Crippen LogP contribution is -2.28. The van der Waals surface area contributed by atoms with E-state index in [4.69, 9.17) is 9.47 Å². The minimum absolute atomic E-state index is 0.273. The van der Waals surface area contributed by atoms with E-state index in [9.17, 15) is 10.1 Å². The largest absolute Gasteiger partial charge is 0.496 e. The maximum atomic E-state index is 12.9. The number of aryl methyl sites for hydroxylation is 2. The van der Waals surface area contributed by atoms with E-state index < -0.39 is 11.7 Å². The number of hydrogen-bond donors (Lipinski definition) is 1. The maximum absolute atomic E-state index is 12.9. The standard InChI is InChI=1S/C24H24BrN5O3S/c1-11-8-9-15(32-7)12(2)17(11)30-18-16(20(25)28-21-19(18)34-13(3)27-21)14(10-26)22(30)29-23(31)33-24(4,5)6/h8-9H,1-7H3,(H,29,31). The number of nitriles is 1.